The van der Waals surface area contributed by atoms with Gasteiger partial charge in [-0.05, 0) is 38.8 Å². The first-order valence-corrected chi connectivity index (χ1v) is 9.43. The van der Waals surface area contributed by atoms with E-state index in [1.165, 1.54) is 12.1 Å². The van der Waals surface area contributed by atoms with Crippen molar-refractivity contribution in [2.45, 2.75) is 26.7 Å². The molecular formula is C18H18N8O8. The van der Waals surface area contributed by atoms with E-state index in [-0.39, 0.29) is 11.4 Å². The summed E-state index contributed by atoms with van der Waals surface area (Å²) in [4.78, 5) is 40.9. The van der Waals surface area contributed by atoms with Gasteiger partial charge in [-0.25, -0.2) is 0 Å². The van der Waals surface area contributed by atoms with Gasteiger partial charge in [-0.3, -0.25) is 51.3 Å². The smallest absolute Gasteiger partial charge is 0.272 e. The predicted molar refractivity (Wildman–Crippen MR) is 122 cm³/mol. The first-order valence-electron chi connectivity index (χ1n) is 9.43. The van der Waals surface area contributed by atoms with Crippen molar-refractivity contribution in [1.29, 1.82) is 0 Å². The van der Waals surface area contributed by atoms with Crippen molar-refractivity contribution >= 4 is 45.5 Å². The molecule has 0 aliphatic heterocycles. The fourth-order valence-electron chi connectivity index (χ4n) is 2.54. The molecule has 0 fully saturated rings. The zero-order valence-corrected chi connectivity index (χ0v) is 17.8. The molecule has 16 nitrogen and oxygen atoms in total. The van der Waals surface area contributed by atoms with Crippen LogP contribution < -0.4 is 10.9 Å². The average molecular weight is 474 g/mol. The maximum absolute atomic E-state index is 11.2. The largest absolute Gasteiger partial charge is 0.301 e. The van der Waals surface area contributed by atoms with Gasteiger partial charge in [0.05, 0.1) is 31.8 Å². The van der Waals surface area contributed by atoms with E-state index in [4.69, 9.17) is 0 Å². The minimum absolute atomic E-state index is 0.0208. The Morgan fingerprint density at radius 1 is 0.676 bits per heavy atom. The lowest BCUT2D eigenvalue weighted by molar-refractivity contribution is -0.393. The van der Waals surface area contributed by atoms with Gasteiger partial charge < -0.3 is 0 Å². The summed E-state index contributed by atoms with van der Waals surface area (Å²) >= 11 is 0. The average Bonchev–Trinajstić information content (AvgIpc) is 2.79. The molecule has 0 radical (unpaired) electrons. The van der Waals surface area contributed by atoms with Crippen molar-refractivity contribution in [3.63, 3.8) is 0 Å². The Bertz CT molecular complexity index is 1120. The van der Waals surface area contributed by atoms with Crippen LogP contribution in [-0.2, 0) is 0 Å². The zero-order valence-electron chi connectivity index (χ0n) is 17.8. The highest BCUT2D eigenvalue weighted by Gasteiger charge is 2.20. The number of nitro groups is 4. The molecule has 2 aromatic carbocycles. The van der Waals surface area contributed by atoms with Crippen LogP contribution in [0.4, 0.5) is 34.1 Å². The Kier molecular flexibility index (Phi) is 8.19. The SMILES string of the molecule is CC(CCC(C)=NNc1ccc([N+](=O)[O-])cc1[N+](=O)[O-])=NNc1ccc([N+](=O)[O-])cc1[N+](=O)[O-]. The molecule has 0 atom stereocenters. The van der Waals surface area contributed by atoms with Crippen LogP contribution in [0.25, 0.3) is 0 Å². The predicted octanol–water partition coefficient (Wildman–Crippen LogP) is 4.38. The molecule has 0 amide bonds. The minimum atomic E-state index is -0.764. The third kappa shape index (κ3) is 6.74. The number of non-ortho nitro benzene ring substituents is 2. The van der Waals surface area contributed by atoms with Crippen molar-refractivity contribution in [3.05, 3.63) is 76.9 Å². The molecule has 16 heteroatoms. The molecule has 0 aromatic heterocycles. The van der Waals surface area contributed by atoms with Gasteiger partial charge >= 0.3 is 11.4 Å². The fraction of sp³-hybridized carbons (Fsp3) is 0.222. The number of nitrogens with zero attached hydrogens (tertiary/aromatic N) is 6. The first-order chi connectivity index (χ1) is 16.0. The van der Waals surface area contributed by atoms with Gasteiger partial charge in [0, 0.05) is 23.6 Å². The number of rotatable bonds is 11. The topological polar surface area (TPSA) is 221 Å². The lowest BCUT2D eigenvalue weighted by Crippen LogP contribution is -2.05. The van der Waals surface area contributed by atoms with Crippen LogP contribution in [0.1, 0.15) is 26.7 Å². The highest BCUT2D eigenvalue weighted by atomic mass is 16.6. The third-order valence-electron chi connectivity index (χ3n) is 4.36. The van der Waals surface area contributed by atoms with Crippen molar-refractivity contribution in [2.24, 2.45) is 10.2 Å². The molecule has 0 saturated carbocycles. The monoisotopic (exact) mass is 474 g/mol. The van der Waals surface area contributed by atoms with Crippen LogP contribution in [0.3, 0.4) is 0 Å². The number of nitro benzene ring substituents is 4. The third-order valence-corrected chi connectivity index (χ3v) is 4.36. The van der Waals surface area contributed by atoms with Gasteiger partial charge in [0.1, 0.15) is 11.4 Å². The highest BCUT2D eigenvalue weighted by molar-refractivity contribution is 5.90. The molecule has 0 unspecified atom stereocenters. The molecule has 178 valence electrons. The van der Waals surface area contributed by atoms with E-state index >= 15 is 0 Å². The van der Waals surface area contributed by atoms with Crippen LogP contribution in [0.2, 0.25) is 0 Å². The number of anilines is 2. The molecule has 0 saturated heterocycles. The van der Waals surface area contributed by atoms with Crippen molar-refractivity contribution in [1.82, 2.24) is 0 Å². The molecule has 0 bridgehead atoms. The molecule has 2 rings (SSSR count). The Hall–Kier alpha value is -5.02. The molecule has 0 aliphatic rings. The van der Waals surface area contributed by atoms with E-state index in [0.29, 0.717) is 24.3 Å². The second-order valence-corrected chi connectivity index (χ2v) is 6.85. The van der Waals surface area contributed by atoms with Crippen LogP contribution in [0.15, 0.2) is 46.6 Å². The van der Waals surface area contributed by atoms with Gasteiger partial charge in [0.2, 0.25) is 0 Å². The lowest BCUT2D eigenvalue weighted by atomic mass is 10.2. The number of hydrogen-bond acceptors (Lipinski definition) is 12. The Morgan fingerprint density at radius 3 is 1.32 bits per heavy atom. The first kappa shape index (κ1) is 25.2. The van der Waals surface area contributed by atoms with E-state index in [9.17, 15) is 40.5 Å². The van der Waals surface area contributed by atoms with Crippen LogP contribution in [-0.4, -0.2) is 31.1 Å². The van der Waals surface area contributed by atoms with E-state index < -0.39 is 42.4 Å². The number of hydrogen-bond donors (Lipinski definition) is 2. The molecular weight excluding hydrogens is 456 g/mol. The van der Waals surface area contributed by atoms with Crippen molar-refractivity contribution < 1.29 is 19.7 Å². The van der Waals surface area contributed by atoms with Crippen LogP contribution in [0, 0.1) is 40.5 Å². The normalized spacial score (nSPS) is 11.6. The second-order valence-electron chi connectivity index (χ2n) is 6.85. The summed E-state index contributed by atoms with van der Waals surface area (Å²) < 4.78 is 0. The van der Waals surface area contributed by atoms with E-state index in [1.54, 1.807) is 13.8 Å². The van der Waals surface area contributed by atoms with Gasteiger partial charge in [-0.15, -0.1) is 0 Å². The Morgan fingerprint density at radius 2 is 1.03 bits per heavy atom. The zero-order chi connectivity index (χ0) is 25.4. The van der Waals surface area contributed by atoms with E-state index in [0.717, 1.165) is 24.3 Å². The summed E-state index contributed by atoms with van der Waals surface area (Å²) in [5.41, 5.74) is 4.19. The standard InChI is InChI=1S/C18H18N8O8/c1-11(19-21-15-7-5-13(23(27)28)9-17(15)25(31)32)3-4-12(2)20-22-16-8-6-14(24(29)30)10-18(16)26(33)34/h5-10,21-22H,3-4H2,1-2H3. The second kappa shape index (κ2) is 11.0. The highest BCUT2D eigenvalue weighted by Crippen LogP contribution is 2.30. The summed E-state index contributed by atoms with van der Waals surface area (Å²) in [6, 6.07) is 6.24. The number of nitrogens with one attached hydrogen (secondary N) is 2. The summed E-state index contributed by atoms with van der Waals surface area (Å²) in [7, 11) is 0. The van der Waals surface area contributed by atoms with Gasteiger partial charge in [-0.1, -0.05) is 0 Å². The molecule has 0 aliphatic carbocycles. The molecule has 0 heterocycles. The molecule has 2 N–H and O–H groups in total. The Balaban J connectivity index is 2.03. The maximum atomic E-state index is 11.2. The number of benzene rings is 2. The molecule has 34 heavy (non-hydrogen) atoms. The quantitative estimate of drug-likeness (QED) is 0.265. The Labute approximate surface area is 190 Å². The van der Waals surface area contributed by atoms with Gasteiger partial charge in [0.15, 0.2) is 0 Å². The summed E-state index contributed by atoms with van der Waals surface area (Å²) in [5, 5.41) is 52.0. The van der Waals surface area contributed by atoms with Crippen molar-refractivity contribution in [2.75, 3.05) is 10.9 Å². The van der Waals surface area contributed by atoms with E-state index in [1.807, 2.05) is 0 Å². The summed E-state index contributed by atoms with van der Waals surface area (Å²) in [5.74, 6) is 0. The fourth-order valence-corrected chi connectivity index (χ4v) is 2.54. The van der Waals surface area contributed by atoms with Gasteiger partial charge in [-0.2, -0.15) is 10.2 Å². The molecule has 2 aromatic rings. The lowest BCUT2D eigenvalue weighted by Gasteiger charge is -2.06. The number of hydrazone groups is 2. The van der Waals surface area contributed by atoms with Gasteiger partial charge in [0.25, 0.3) is 11.4 Å². The van der Waals surface area contributed by atoms with E-state index in [2.05, 4.69) is 21.1 Å². The summed E-state index contributed by atoms with van der Waals surface area (Å²) in [6.07, 6.45) is 0.736. The molecule has 0 spiro atoms. The maximum Gasteiger partial charge on any atom is 0.301 e. The van der Waals surface area contributed by atoms with Crippen LogP contribution >= 0.6 is 0 Å². The van der Waals surface area contributed by atoms with Crippen LogP contribution in [0.5, 0.6) is 0 Å². The minimum Gasteiger partial charge on any atom is -0.272 e. The van der Waals surface area contributed by atoms with Crippen molar-refractivity contribution in [3.8, 4) is 0 Å². The summed E-state index contributed by atoms with van der Waals surface area (Å²) in [6.45, 7) is 3.29.